The molecule has 0 saturated carbocycles. The highest BCUT2D eigenvalue weighted by molar-refractivity contribution is 5.69. The van der Waals surface area contributed by atoms with Crippen LogP contribution in [0.2, 0.25) is 0 Å². The van der Waals surface area contributed by atoms with Crippen molar-refractivity contribution in [3.8, 4) is 0 Å². The maximum Gasteiger partial charge on any atom is 0.305 e. The molecule has 1 aliphatic rings. The molecule has 4 nitrogen and oxygen atoms in total. The number of likely N-dealkylation sites (tertiary alicyclic amines) is 1. The van der Waals surface area contributed by atoms with Gasteiger partial charge in [-0.05, 0) is 45.2 Å². The van der Waals surface area contributed by atoms with Crippen LogP contribution in [-0.4, -0.2) is 43.2 Å². The molecule has 18 heavy (non-hydrogen) atoms. The summed E-state index contributed by atoms with van der Waals surface area (Å²) >= 11 is 0. The Balaban J connectivity index is 1.99. The molecule has 0 radical (unpaired) electrons. The summed E-state index contributed by atoms with van der Waals surface area (Å²) in [4.78, 5) is 13.6. The van der Waals surface area contributed by atoms with Gasteiger partial charge >= 0.3 is 5.97 Å². The van der Waals surface area contributed by atoms with Crippen molar-refractivity contribution in [2.24, 2.45) is 11.7 Å². The molecule has 0 aromatic carbocycles. The van der Waals surface area contributed by atoms with Gasteiger partial charge in [0.25, 0.3) is 0 Å². The van der Waals surface area contributed by atoms with Crippen LogP contribution in [0.25, 0.3) is 0 Å². The number of unbranched alkanes of at least 4 members (excludes halogenated alkanes) is 2. The Kier molecular flexibility index (Phi) is 7.28. The van der Waals surface area contributed by atoms with E-state index in [9.17, 15) is 4.79 Å². The number of esters is 1. The summed E-state index contributed by atoms with van der Waals surface area (Å²) in [5, 5.41) is 0. The number of carbonyl (C=O) groups excluding carboxylic acids is 1. The van der Waals surface area contributed by atoms with E-state index in [2.05, 4.69) is 11.8 Å². The molecule has 1 aliphatic heterocycles. The predicted octanol–water partition coefficient (Wildman–Crippen LogP) is 1.78. The fourth-order valence-corrected chi connectivity index (χ4v) is 2.47. The van der Waals surface area contributed by atoms with Crippen molar-refractivity contribution in [3.63, 3.8) is 0 Å². The molecule has 1 rings (SSSR count). The van der Waals surface area contributed by atoms with Gasteiger partial charge in [-0.1, -0.05) is 13.3 Å². The summed E-state index contributed by atoms with van der Waals surface area (Å²) in [7, 11) is 0. The average molecular weight is 256 g/mol. The molecular formula is C14H28N2O2. The summed E-state index contributed by atoms with van der Waals surface area (Å²) < 4.78 is 4.90. The molecule has 4 heteroatoms. The van der Waals surface area contributed by atoms with Gasteiger partial charge in [0.2, 0.25) is 0 Å². The first-order valence-electron chi connectivity index (χ1n) is 7.27. The van der Waals surface area contributed by atoms with Crippen molar-refractivity contribution in [2.45, 2.75) is 52.0 Å². The van der Waals surface area contributed by atoms with Crippen LogP contribution in [0.4, 0.5) is 0 Å². The first kappa shape index (κ1) is 15.4. The lowest BCUT2D eigenvalue weighted by molar-refractivity contribution is -0.143. The molecule has 1 saturated heterocycles. The molecule has 2 N–H and O–H groups in total. The second-order valence-corrected chi connectivity index (χ2v) is 5.35. The van der Waals surface area contributed by atoms with Gasteiger partial charge < -0.3 is 15.4 Å². The van der Waals surface area contributed by atoms with Crippen LogP contribution in [-0.2, 0) is 9.53 Å². The van der Waals surface area contributed by atoms with Crippen LogP contribution in [0, 0.1) is 5.92 Å². The van der Waals surface area contributed by atoms with Gasteiger partial charge in [0, 0.05) is 19.0 Å². The third-order valence-corrected chi connectivity index (χ3v) is 3.72. The predicted molar refractivity (Wildman–Crippen MR) is 73.3 cm³/mol. The highest BCUT2D eigenvalue weighted by atomic mass is 16.5. The number of nitrogens with two attached hydrogens (primary N) is 1. The third kappa shape index (κ3) is 5.83. The minimum absolute atomic E-state index is 0.0601. The molecular weight excluding hydrogens is 228 g/mol. The molecule has 1 fully saturated rings. The molecule has 106 valence electrons. The second-order valence-electron chi connectivity index (χ2n) is 5.35. The highest BCUT2D eigenvalue weighted by Gasteiger charge is 2.22. The SMILES string of the molecule is CCOC(=O)CCCCCN1CC[C@@H](N)C(C)C1. The van der Waals surface area contributed by atoms with E-state index < -0.39 is 0 Å². The summed E-state index contributed by atoms with van der Waals surface area (Å²) in [5.41, 5.74) is 6.00. The van der Waals surface area contributed by atoms with Crippen LogP contribution in [0.3, 0.4) is 0 Å². The van der Waals surface area contributed by atoms with Gasteiger partial charge in [0.15, 0.2) is 0 Å². The Morgan fingerprint density at radius 2 is 2.17 bits per heavy atom. The van der Waals surface area contributed by atoms with Crippen molar-refractivity contribution >= 4 is 5.97 Å². The molecule has 2 atom stereocenters. The number of piperidine rings is 1. The maximum atomic E-state index is 11.1. The van der Waals surface area contributed by atoms with Crippen LogP contribution >= 0.6 is 0 Å². The largest absolute Gasteiger partial charge is 0.466 e. The van der Waals surface area contributed by atoms with E-state index in [1.165, 1.54) is 6.42 Å². The van der Waals surface area contributed by atoms with E-state index in [-0.39, 0.29) is 5.97 Å². The van der Waals surface area contributed by atoms with Crippen LogP contribution in [0.1, 0.15) is 46.0 Å². The number of rotatable bonds is 7. The zero-order chi connectivity index (χ0) is 13.4. The maximum absolute atomic E-state index is 11.1. The molecule has 1 heterocycles. The minimum Gasteiger partial charge on any atom is -0.466 e. The van der Waals surface area contributed by atoms with Crippen molar-refractivity contribution in [3.05, 3.63) is 0 Å². The molecule has 0 aromatic heterocycles. The zero-order valence-corrected chi connectivity index (χ0v) is 11.9. The van der Waals surface area contributed by atoms with Gasteiger partial charge in [-0.15, -0.1) is 0 Å². The highest BCUT2D eigenvalue weighted by Crippen LogP contribution is 2.15. The van der Waals surface area contributed by atoms with Crippen molar-refractivity contribution in [1.29, 1.82) is 0 Å². The van der Waals surface area contributed by atoms with Crippen LogP contribution < -0.4 is 5.73 Å². The van der Waals surface area contributed by atoms with Gasteiger partial charge in [-0.25, -0.2) is 0 Å². The van der Waals surface area contributed by atoms with E-state index in [4.69, 9.17) is 10.5 Å². The molecule has 0 spiro atoms. The lowest BCUT2D eigenvalue weighted by Gasteiger charge is -2.35. The van der Waals surface area contributed by atoms with Gasteiger partial charge in [-0.2, -0.15) is 0 Å². The molecule has 1 unspecified atom stereocenters. The third-order valence-electron chi connectivity index (χ3n) is 3.72. The molecule has 0 amide bonds. The molecule has 0 bridgehead atoms. The Morgan fingerprint density at radius 3 is 2.83 bits per heavy atom. The van der Waals surface area contributed by atoms with Crippen molar-refractivity contribution < 1.29 is 9.53 Å². The molecule has 0 aliphatic carbocycles. The Hall–Kier alpha value is -0.610. The van der Waals surface area contributed by atoms with Gasteiger partial charge in [-0.3, -0.25) is 4.79 Å². The van der Waals surface area contributed by atoms with Crippen LogP contribution in [0.15, 0.2) is 0 Å². The van der Waals surface area contributed by atoms with Crippen LogP contribution in [0.5, 0.6) is 0 Å². The Bertz CT molecular complexity index is 246. The number of ether oxygens (including phenoxy) is 1. The van der Waals surface area contributed by atoms with E-state index in [0.29, 0.717) is 25.0 Å². The summed E-state index contributed by atoms with van der Waals surface area (Å²) in [5.74, 6) is 0.549. The number of carbonyl (C=O) groups is 1. The minimum atomic E-state index is -0.0601. The first-order valence-corrected chi connectivity index (χ1v) is 7.27. The smallest absolute Gasteiger partial charge is 0.305 e. The lowest BCUT2D eigenvalue weighted by Crippen LogP contribution is -2.46. The topological polar surface area (TPSA) is 55.6 Å². The van der Waals surface area contributed by atoms with Gasteiger partial charge in [0.1, 0.15) is 0 Å². The quantitative estimate of drug-likeness (QED) is 0.557. The lowest BCUT2D eigenvalue weighted by atomic mass is 9.94. The number of hydrogen-bond donors (Lipinski definition) is 1. The normalized spacial score (nSPS) is 25.1. The fraction of sp³-hybridized carbons (Fsp3) is 0.929. The van der Waals surface area contributed by atoms with E-state index in [1.807, 2.05) is 6.92 Å². The second kappa shape index (κ2) is 8.48. The first-order chi connectivity index (χ1) is 8.63. The zero-order valence-electron chi connectivity index (χ0n) is 11.9. The standard InChI is InChI=1S/C14H28N2O2/c1-3-18-14(17)7-5-4-6-9-16-10-8-13(15)12(2)11-16/h12-13H,3-11,15H2,1-2H3/t12?,13-/m1/s1. The summed E-state index contributed by atoms with van der Waals surface area (Å²) in [6, 6.07) is 0.380. The molecule has 0 aromatic rings. The summed E-state index contributed by atoms with van der Waals surface area (Å²) in [6.07, 6.45) is 4.90. The number of hydrogen-bond acceptors (Lipinski definition) is 4. The monoisotopic (exact) mass is 256 g/mol. The van der Waals surface area contributed by atoms with Crippen molar-refractivity contribution in [1.82, 2.24) is 4.90 Å². The van der Waals surface area contributed by atoms with E-state index in [1.54, 1.807) is 0 Å². The van der Waals surface area contributed by atoms with E-state index >= 15 is 0 Å². The fourth-order valence-electron chi connectivity index (χ4n) is 2.47. The van der Waals surface area contributed by atoms with Crippen molar-refractivity contribution in [2.75, 3.05) is 26.2 Å². The summed E-state index contributed by atoms with van der Waals surface area (Å²) in [6.45, 7) is 7.96. The Morgan fingerprint density at radius 1 is 1.39 bits per heavy atom. The number of nitrogens with zero attached hydrogens (tertiary/aromatic N) is 1. The van der Waals surface area contributed by atoms with Gasteiger partial charge in [0.05, 0.1) is 6.61 Å². The Labute approximate surface area is 111 Å². The van der Waals surface area contributed by atoms with E-state index in [0.717, 1.165) is 38.9 Å². The average Bonchev–Trinajstić information content (AvgIpc) is 2.33.